The van der Waals surface area contributed by atoms with Crippen LogP contribution in [0.3, 0.4) is 0 Å². The Kier molecular flexibility index (Phi) is 6.02. The van der Waals surface area contributed by atoms with Crippen molar-refractivity contribution in [1.82, 2.24) is 19.5 Å². The normalized spacial score (nSPS) is 26.2. The fourth-order valence-electron chi connectivity index (χ4n) is 3.33. The Bertz CT molecular complexity index is 1100. The molecule has 1 aliphatic heterocycles. The highest BCUT2D eigenvalue weighted by Crippen LogP contribution is 2.41. The number of methoxy groups -OCH3 is 1. The first-order valence-electron chi connectivity index (χ1n) is 9.24. The van der Waals surface area contributed by atoms with Gasteiger partial charge in [0.15, 0.2) is 23.1 Å². The molecule has 0 bridgehead atoms. The molecular weight excluding hydrogens is 445 g/mol. The largest absolute Gasteiger partial charge is 0.573 e. The van der Waals surface area contributed by atoms with Crippen molar-refractivity contribution in [3.63, 3.8) is 0 Å². The van der Waals surface area contributed by atoms with Gasteiger partial charge in [-0.2, -0.15) is 9.97 Å². The van der Waals surface area contributed by atoms with E-state index in [0.717, 1.165) is 0 Å². The van der Waals surface area contributed by atoms with Crippen molar-refractivity contribution in [3.8, 4) is 11.6 Å². The molecule has 1 aliphatic rings. The number of aliphatic hydroxyl groups is 2. The summed E-state index contributed by atoms with van der Waals surface area (Å²) in [5.74, 6) is 0.741. The lowest BCUT2D eigenvalue weighted by molar-refractivity contribution is -0.0947. The van der Waals surface area contributed by atoms with Gasteiger partial charge in [0.25, 0.3) is 0 Å². The van der Waals surface area contributed by atoms with Gasteiger partial charge in [0.1, 0.15) is 24.4 Å². The fourth-order valence-corrected chi connectivity index (χ4v) is 4.38. The third-order valence-corrected chi connectivity index (χ3v) is 6.13. The second-order valence-corrected chi connectivity index (χ2v) is 8.82. The first-order chi connectivity index (χ1) is 14.8. The second kappa shape index (κ2) is 8.58. The number of aliphatic hydroxyl groups excluding tert-OH is 1. The van der Waals surface area contributed by atoms with Crippen LogP contribution in [0.5, 0.6) is 11.6 Å². The van der Waals surface area contributed by atoms with Crippen LogP contribution in [0.2, 0.25) is 0 Å². The molecule has 13 heteroatoms. The van der Waals surface area contributed by atoms with Crippen molar-refractivity contribution in [2.45, 2.75) is 31.0 Å². The Hall–Kier alpha value is -2.47. The van der Waals surface area contributed by atoms with Crippen molar-refractivity contribution in [2.75, 3.05) is 19.5 Å². The minimum absolute atomic E-state index is 0.0287. The zero-order valence-corrected chi connectivity index (χ0v) is 18.4. The molecule has 3 aromatic rings. The molecule has 4 N–H and O–H groups in total. The summed E-state index contributed by atoms with van der Waals surface area (Å²) in [4.78, 5) is 12.4. The number of benzene rings is 1. The zero-order chi connectivity index (χ0) is 22.2. The van der Waals surface area contributed by atoms with Gasteiger partial charge in [-0.1, -0.05) is 18.2 Å². The molecule has 1 saturated heterocycles. The van der Waals surface area contributed by atoms with Crippen molar-refractivity contribution >= 4 is 36.1 Å². The van der Waals surface area contributed by atoms with Crippen LogP contribution < -0.4 is 15.0 Å². The third kappa shape index (κ3) is 4.18. The lowest BCUT2D eigenvalue weighted by atomic mass is 9.96. The third-order valence-electron chi connectivity index (χ3n) is 4.87. The summed E-state index contributed by atoms with van der Waals surface area (Å²) in [6, 6.07) is 9.02. The fraction of sp³-hybridized carbons (Fsp3) is 0.389. The van der Waals surface area contributed by atoms with E-state index in [-0.39, 0.29) is 18.4 Å². The monoisotopic (exact) mass is 466 g/mol. The van der Waals surface area contributed by atoms with Crippen LogP contribution in [0.1, 0.15) is 13.2 Å². The number of imidazole rings is 1. The average molecular weight is 466 g/mol. The number of ether oxygens (including phenoxy) is 2. The predicted molar refractivity (Wildman–Crippen MR) is 114 cm³/mol. The first-order valence-corrected chi connectivity index (χ1v) is 11.4. The molecule has 3 heterocycles. The van der Waals surface area contributed by atoms with Crippen LogP contribution in [0, 0.1) is 0 Å². The summed E-state index contributed by atoms with van der Waals surface area (Å²) in [5.41, 5.74) is 4.71. The summed E-state index contributed by atoms with van der Waals surface area (Å²) in [5, 5.41) is 21.7. The number of nitrogen functional groups attached to an aromatic ring is 1. The smallest absolute Gasteiger partial charge is 0.479 e. The van der Waals surface area contributed by atoms with Crippen LogP contribution in [-0.2, 0) is 21.1 Å². The van der Waals surface area contributed by atoms with Crippen molar-refractivity contribution in [1.29, 1.82) is 0 Å². The molecule has 0 amide bonds. The lowest BCUT2D eigenvalue weighted by Gasteiger charge is -2.27. The highest BCUT2D eigenvalue weighted by molar-refractivity contribution is 8.00. The Labute approximate surface area is 183 Å². The van der Waals surface area contributed by atoms with Gasteiger partial charge in [0, 0.05) is 0 Å². The number of para-hydroxylation sites is 1. The van der Waals surface area contributed by atoms with E-state index in [2.05, 4.69) is 15.0 Å². The maximum atomic E-state index is 11.0. The molecule has 1 aromatic carbocycles. The van der Waals surface area contributed by atoms with Gasteiger partial charge in [-0.15, -0.1) is 4.52 Å². The molecule has 5 atom stereocenters. The van der Waals surface area contributed by atoms with E-state index in [0.29, 0.717) is 16.9 Å². The molecule has 1 fully saturated rings. The molecule has 11 nitrogen and oxygen atoms in total. The minimum atomic E-state index is -1.68. The van der Waals surface area contributed by atoms with Crippen molar-refractivity contribution in [2.24, 2.45) is 0 Å². The van der Waals surface area contributed by atoms with Gasteiger partial charge in [0.05, 0.1) is 13.4 Å². The molecule has 0 radical (unpaired) electrons. The molecule has 164 valence electrons. The molecule has 0 spiro atoms. The van der Waals surface area contributed by atoms with Crippen molar-refractivity contribution in [3.05, 3.63) is 36.7 Å². The van der Waals surface area contributed by atoms with E-state index in [1.807, 2.05) is 18.2 Å². The standard InChI is InChI=1S/C18H21N5O6PS/c1-18(25)13(24)11(8-27-30(31)29-10-6-4-3-5-7-10)28-16(18)23-9-20-12-14(23)21-17(19)22-15(12)26-2/h3-7,9,11,13,16,24-25H,8H2,1-2H3,(H2,19,21,22)/q+1. The second-order valence-electron chi connectivity index (χ2n) is 7.04. The van der Waals surface area contributed by atoms with E-state index in [9.17, 15) is 10.2 Å². The van der Waals surface area contributed by atoms with Gasteiger partial charge in [0.2, 0.25) is 23.6 Å². The Morgan fingerprint density at radius 3 is 2.77 bits per heavy atom. The zero-order valence-electron chi connectivity index (χ0n) is 16.7. The van der Waals surface area contributed by atoms with Gasteiger partial charge in [-0.05, 0) is 19.1 Å². The van der Waals surface area contributed by atoms with Crippen LogP contribution in [0.4, 0.5) is 5.95 Å². The summed E-state index contributed by atoms with van der Waals surface area (Å²) in [7, 11) is -0.249. The summed E-state index contributed by atoms with van der Waals surface area (Å²) >= 11 is 5.22. The SMILES string of the molecule is COc1nc(N)nc2c1ncn2C1OC(CO[P+](=S)Oc2ccccc2)C(O)C1(C)O. The lowest BCUT2D eigenvalue weighted by Crippen LogP contribution is -2.44. The number of fused-ring (bicyclic) bond motifs is 1. The van der Waals surface area contributed by atoms with Gasteiger partial charge in [-0.3, -0.25) is 9.09 Å². The highest BCUT2D eigenvalue weighted by Gasteiger charge is 2.54. The molecule has 4 rings (SSSR count). The Morgan fingerprint density at radius 1 is 1.32 bits per heavy atom. The van der Waals surface area contributed by atoms with Crippen LogP contribution >= 0.6 is 7.15 Å². The van der Waals surface area contributed by atoms with Gasteiger partial charge < -0.3 is 25.4 Å². The van der Waals surface area contributed by atoms with E-state index in [4.69, 9.17) is 36.1 Å². The Morgan fingerprint density at radius 2 is 2.06 bits per heavy atom. The van der Waals surface area contributed by atoms with E-state index in [1.54, 1.807) is 12.1 Å². The summed E-state index contributed by atoms with van der Waals surface area (Å²) in [6.45, 7) is 1.37. The number of hydrogen-bond donors (Lipinski definition) is 3. The van der Waals surface area contributed by atoms with Crippen molar-refractivity contribution < 1.29 is 28.7 Å². The maximum absolute atomic E-state index is 11.0. The van der Waals surface area contributed by atoms with E-state index in [1.165, 1.54) is 24.9 Å². The maximum Gasteiger partial charge on any atom is 0.573 e. The molecule has 5 unspecified atom stereocenters. The predicted octanol–water partition coefficient (Wildman–Crippen LogP) is 1.30. The molecule has 0 saturated carbocycles. The number of aromatic nitrogens is 4. The van der Waals surface area contributed by atoms with Crippen LogP contribution in [-0.4, -0.2) is 61.3 Å². The van der Waals surface area contributed by atoms with E-state index >= 15 is 0 Å². The topological polar surface area (TPSA) is 147 Å². The summed E-state index contributed by atoms with van der Waals surface area (Å²) in [6.07, 6.45) is -1.75. The minimum Gasteiger partial charge on any atom is -0.479 e. The summed E-state index contributed by atoms with van der Waals surface area (Å²) < 4.78 is 23.7. The van der Waals surface area contributed by atoms with Gasteiger partial charge >= 0.3 is 7.15 Å². The molecule has 2 aromatic heterocycles. The number of nitrogens with two attached hydrogens (primary N) is 1. The number of rotatable bonds is 7. The average Bonchev–Trinajstić information content (AvgIpc) is 3.25. The van der Waals surface area contributed by atoms with E-state index < -0.39 is 31.2 Å². The molecule has 0 aliphatic carbocycles. The molecular formula is C18H21N5O6PS+. The number of nitrogens with zero attached hydrogens (tertiary/aromatic N) is 4. The van der Waals surface area contributed by atoms with Gasteiger partial charge in [-0.25, -0.2) is 4.98 Å². The molecule has 31 heavy (non-hydrogen) atoms. The number of anilines is 1. The quantitative estimate of drug-likeness (QED) is 0.433. The highest BCUT2D eigenvalue weighted by atomic mass is 32.4. The first kappa shape index (κ1) is 21.8. The Balaban J connectivity index is 1.51. The van der Waals surface area contributed by atoms with Crippen LogP contribution in [0.25, 0.3) is 11.2 Å². The number of hydrogen-bond acceptors (Lipinski definition) is 11. The van der Waals surface area contributed by atoms with Crippen LogP contribution in [0.15, 0.2) is 36.7 Å².